The largest absolute Gasteiger partial charge is 0.573 e. The van der Waals surface area contributed by atoms with Gasteiger partial charge in [-0.05, 0) is 30.3 Å². The maximum absolute atomic E-state index is 12.3. The third-order valence-electron chi connectivity index (χ3n) is 2.31. The van der Waals surface area contributed by atoms with E-state index < -0.39 is 17.9 Å². The SMILES string of the molecule is O=C(c1ccccn1)c1cc(Cl)ccc1OC(F)(F)F. The number of nitrogens with zero attached hydrogens (tertiary/aromatic N) is 1. The smallest absolute Gasteiger partial charge is 0.405 e. The highest BCUT2D eigenvalue weighted by atomic mass is 35.5. The fraction of sp³-hybridized carbons (Fsp3) is 0.0769. The van der Waals surface area contributed by atoms with Gasteiger partial charge in [-0.2, -0.15) is 0 Å². The van der Waals surface area contributed by atoms with E-state index in [1.165, 1.54) is 18.3 Å². The minimum Gasteiger partial charge on any atom is -0.405 e. The average Bonchev–Trinajstić information content (AvgIpc) is 2.39. The number of aromatic nitrogens is 1. The number of alkyl halides is 3. The normalized spacial score (nSPS) is 11.2. The Hall–Kier alpha value is -2.08. The second-order valence-electron chi connectivity index (χ2n) is 3.73. The number of hydrogen-bond donors (Lipinski definition) is 0. The number of carbonyl (C=O) groups is 1. The van der Waals surface area contributed by atoms with Gasteiger partial charge in [0.15, 0.2) is 0 Å². The van der Waals surface area contributed by atoms with Crippen LogP contribution in [0, 0.1) is 0 Å². The monoisotopic (exact) mass is 301 g/mol. The first-order chi connectivity index (χ1) is 9.37. The van der Waals surface area contributed by atoms with E-state index in [1.807, 2.05) is 0 Å². The number of rotatable bonds is 3. The van der Waals surface area contributed by atoms with Crippen molar-refractivity contribution in [2.45, 2.75) is 6.36 Å². The summed E-state index contributed by atoms with van der Waals surface area (Å²) in [5.41, 5.74) is -0.296. The van der Waals surface area contributed by atoms with E-state index in [4.69, 9.17) is 11.6 Å². The first-order valence-corrected chi connectivity index (χ1v) is 5.75. The molecule has 7 heteroatoms. The van der Waals surface area contributed by atoms with Gasteiger partial charge < -0.3 is 4.74 Å². The maximum Gasteiger partial charge on any atom is 0.573 e. The second-order valence-corrected chi connectivity index (χ2v) is 4.17. The predicted octanol–water partition coefficient (Wildman–Crippen LogP) is 3.86. The van der Waals surface area contributed by atoms with Crippen molar-refractivity contribution in [2.75, 3.05) is 0 Å². The fourth-order valence-electron chi connectivity index (χ4n) is 1.53. The molecule has 1 aromatic heterocycles. The van der Waals surface area contributed by atoms with Crippen molar-refractivity contribution in [1.29, 1.82) is 0 Å². The molecule has 1 aromatic carbocycles. The molecule has 104 valence electrons. The molecule has 1 heterocycles. The van der Waals surface area contributed by atoms with Crippen molar-refractivity contribution in [1.82, 2.24) is 4.98 Å². The van der Waals surface area contributed by atoms with Crippen LogP contribution in [0.25, 0.3) is 0 Å². The number of benzene rings is 1. The van der Waals surface area contributed by atoms with Crippen LogP contribution in [0.1, 0.15) is 16.1 Å². The summed E-state index contributed by atoms with van der Waals surface area (Å²) >= 11 is 5.71. The quantitative estimate of drug-likeness (QED) is 0.808. The summed E-state index contributed by atoms with van der Waals surface area (Å²) in [6.07, 6.45) is -3.53. The molecule has 0 spiro atoms. The molecule has 0 N–H and O–H groups in total. The Morgan fingerprint density at radius 3 is 2.55 bits per heavy atom. The molecule has 0 aliphatic heterocycles. The minimum absolute atomic E-state index is 0.00166. The summed E-state index contributed by atoms with van der Waals surface area (Å²) in [5.74, 6) is -1.31. The van der Waals surface area contributed by atoms with Gasteiger partial charge in [0.2, 0.25) is 5.78 Å². The van der Waals surface area contributed by atoms with Gasteiger partial charge in [-0.3, -0.25) is 9.78 Å². The first-order valence-electron chi connectivity index (χ1n) is 5.38. The van der Waals surface area contributed by atoms with Crippen molar-refractivity contribution in [3.63, 3.8) is 0 Å². The van der Waals surface area contributed by atoms with Crippen molar-refractivity contribution in [2.24, 2.45) is 0 Å². The van der Waals surface area contributed by atoms with Crippen molar-refractivity contribution >= 4 is 17.4 Å². The van der Waals surface area contributed by atoms with Crippen molar-refractivity contribution < 1.29 is 22.7 Å². The zero-order valence-corrected chi connectivity index (χ0v) is 10.6. The number of ketones is 1. The lowest BCUT2D eigenvalue weighted by Gasteiger charge is -2.12. The Labute approximate surface area is 117 Å². The topological polar surface area (TPSA) is 39.2 Å². The molecule has 0 radical (unpaired) electrons. The molecule has 0 fully saturated rings. The van der Waals surface area contributed by atoms with E-state index in [1.54, 1.807) is 12.1 Å². The van der Waals surface area contributed by atoms with E-state index in [-0.39, 0.29) is 16.3 Å². The van der Waals surface area contributed by atoms with Crippen LogP contribution in [0.15, 0.2) is 42.6 Å². The molecule has 2 aromatic rings. The highest BCUT2D eigenvalue weighted by Gasteiger charge is 2.33. The highest BCUT2D eigenvalue weighted by molar-refractivity contribution is 6.31. The van der Waals surface area contributed by atoms with Crippen LogP contribution < -0.4 is 4.74 Å². The standard InChI is InChI=1S/C13H7ClF3NO2/c14-8-4-5-11(20-13(15,16)17)9(7-8)12(19)10-3-1-2-6-18-10/h1-7H. The number of hydrogen-bond acceptors (Lipinski definition) is 3. The van der Waals surface area contributed by atoms with Crippen LogP contribution in [0.2, 0.25) is 5.02 Å². The molecule has 3 nitrogen and oxygen atoms in total. The van der Waals surface area contributed by atoms with Gasteiger partial charge >= 0.3 is 6.36 Å². The summed E-state index contributed by atoms with van der Waals surface area (Å²) in [6, 6.07) is 7.83. The van der Waals surface area contributed by atoms with Crippen LogP contribution in [-0.4, -0.2) is 17.1 Å². The summed E-state index contributed by atoms with van der Waals surface area (Å²) in [5, 5.41) is 0.124. The lowest BCUT2D eigenvalue weighted by atomic mass is 10.1. The van der Waals surface area contributed by atoms with E-state index in [9.17, 15) is 18.0 Å². The molecule has 0 amide bonds. The van der Waals surface area contributed by atoms with Gasteiger partial charge in [0.1, 0.15) is 11.4 Å². The lowest BCUT2D eigenvalue weighted by molar-refractivity contribution is -0.274. The molecule has 0 bridgehead atoms. The maximum atomic E-state index is 12.3. The van der Waals surface area contributed by atoms with E-state index in [0.717, 1.165) is 12.1 Å². The third kappa shape index (κ3) is 3.48. The average molecular weight is 302 g/mol. The van der Waals surface area contributed by atoms with Gasteiger partial charge in [0, 0.05) is 11.2 Å². The van der Waals surface area contributed by atoms with Gasteiger partial charge in [-0.1, -0.05) is 17.7 Å². The second kappa shape index (κ2) is 5.50. The molecule has 0 unspecified atom stereocenters. The summed E-state index contributed by atoms with van der Waals surface area (Å²) < 4.78 is 40.7. The van der Waals surface area contributed by atoms with Gasteiger partial charge in [-0.15, -0.1) is 13.2 Å². The molecular formula is C13H7ClF3NO2. The molecular weight excluding hydrogens is 295 g/mol. The number of ether oxygens (including phenoxy) is 1. The van der Waals surface area contributed by atoms with E-state index in [0.29, 0.717) is 0 Å². The molecule has 0 saturated heterocycles. The molecule has 0 aliphatic rings. The van der Waals surface area contributed by atoms with Crippen LogP contribution in [-0.2, 0) is 0 Å². The Morgan fingerprint density at radius 2 is 1.95 bits per heavy atom. The minimum atomic E-state index is -4.90. The van der Waals surface area contributed by atoms with Gasteiger partial charge in [0.25, 0.3) is 0 Å². The number of halogens is 4. The van der Waals surface area contributed by atoms with Crippen LogP contribution in [0.4, 0.5) is 13.2 Å². The number of carbonyl (C=O) groups excluding carboxylic acids is 1. The Balaban J connectivity index is 2.44. The predicted molar refractivity (Wildman–Crippen MR) is 65.8 cm³/mol. The number of pyridine rings is 1. The highest BCUT2D eigenvalue weighted by Crippen LogP contribution is 2.30. The molecule has 2 rings (SSSR count). The van der Waals surface area contributed by atoms with Crippen molar-refractivity contribution in [3.05, 3.63) is 58.9 Å². The Morgan fingerprint density at radius 1 is 1.20 bits per heavy atom. The molecule has 0 atom stereocenters. The van der Waals surface area contributed by atoms with Crippen LogP contribution in [0.3, 0.4) is 0 Å². The molecule has 20 heavy (non-hydrogen) atoms. The Bertz CT molecular complexity index is 629. The summed E-state index contributed by atoms with van der Waals surface area (Å²) in [4.78, 5) is 15.9. The first kappa shape index (κ1) is 14.3. The third-order valence-corrected chi connectivity index (χ3v) is 2.54. The molecule has 0 aliphatic carbocycles. The summed E-state index contributed by atoms with van der Waals surface area (Å²) in [6.45, 7) is 0. The van der Waals surface area contributed by atoms with E-state index >= 15 is 0 Å². The molecule has 0 saturated carbocycles. The van der Waals surface area contributed by atoms with Gasteiger partial charge in [0.05, 0.1) is 5.56 Å². The Kier molecular flexibility index (Phi) is 3.94. The summed E-state index contributed by atoms with van der Waals surface area (Å²) in [7, 11) is 0. The van der Waals surface area contributed by atoms with Crippen molar-refractivity contribution in [3.8, 4) is 5.75 Å². The van der Waals surface area contributed by atoms with E-state index in [2.05, 4.69) is 9.72 Å². The zero-order chi connectivity index (χ0) is 14.8. The zero-order valence-electron chi connectivity index (χ0n) is 9.82. The van der Waals surface area contributed by atoms with Gasteiger partial charge in [-0.25, -0.2) is 0 Å². The van der Waals surface area contributed by atoms with Crippen LogP contribution in [0.5, 0.6) is 5.75 Å². The van der Waals surface area contributed by atoms with Crippen LogP contribution >= 0.6 is 11.6 Å². The lowest BCUT2D eigenvalue weighted by Crippen LogP contribution is -2.19. The fourth-order valence-corrected chi connectivity index (χ4v) is 1.70.